The quantitative estimate of drug-likeness (QED) is 0.622. The summed E-state index contributed by atoms with van der Waals surface area (Å²) in [6.07, 6.45) is 2.27. The highest BCUT2D eigenvalue weighted by Gasteiger charge is 2.33. The van der Waals surface area contributed by atoms with Crippen LogP contribution in [0.3, 0.4) is 0 Å². The fourth-order valence-electron chi connectivity index (χ4n) is 1.55. The van der Waals surface area contributed by atoms with Gasteiger partial charge in [-0.3, -0.25) is 4.90 Å². The molecule has 1 saturated heterocycles. The zero-order chi connectivity index (χ0) is 10.1. The predicted octanol–water partition coefficient (Wildman–Crippen LogP) is 2.63. The molecule has 2 heteroatoms. The normalized spacial score (nSPS) is 32.1. The summed E-state index contributed by atoms with van der Waals surface area (Å²) in [4.78, 5) is 2.39. The molecule has 1 aliphatic heterocycles. The van der Waals surface area contributed by atoms with E-state index in [1.165, 1.54) is 0 Å². The summed E-state index contributed by atoms with van der Waals surface area (Å²) in [7, 11) is 0. The van der Waals surface area contributed by atoms with Crippen LogP contribution in [0, 0.1) is 0 Å². The van der Waals surface area contributed by atoms with Crippen molar-refractivity contribution in [1.82, 2.24) is 4.90 Å². The molecule has 1 rings (SSSR count). The lowest BCUT2D eigenvalue weighted by atomic mass is 9.95. The Bertz CT molecular complexity index is 163. The van der Waals surface area contributed by atoms with E-state index in [2.05, 4.69) is 39.5 Å². The van der Waals surface area contributed by atoms with Crippen LogP contribution in [0.25, 0.3) is 0 Å². The maximum Gasteiger partial charge on any atom is 0.100 e. The highest BCUT2D eigenvalue weighted by atomic mass is 16.5. The smallest absolute Gasteiger partial charge is 0.100 e. The number of rotatable bonds is 1. The van der Waals surface area contributed by atoms with Crippen LogP contribution in [-0.4, -0.2) is 29.3 Å². The van der Waals surface area contributed by atoms with Gasteiger partial charge >= 0.3 is 0 Å². The number of hydrogen-bond acceptors (Lipinski definition) is 2. The van der Waals surface area contributed by atoms with Crippen LogP contribution < -0.4 is 0 Å². The first-order valence-electron chi connectivity index (χ1n) is 5.26. The second kappa shape index (κ2) is 3.58. The molecule has 1 heterocycles. The van der Waals surface area contributed by atoms with Gasteiger partial charge in [-0.2, -0.15) is 0 Å². The minimum atomic E-state index is 0.127. The molecule has 0 radical (unpaired) electrons. The van der Waals surface area contributed by atoms with Gasteiger partial charge in [-0.25, -0.2) is 0 Å². The third-order valence-corrected chi connectivity index (χ3v) is 3.18. The minimum Gasteiger partial charge on any atom is -0.360 e. The Hall–Kier alpha value is -0.0800. The zero-order valence-electron chi connectivity index (χ0n) is 9.68. The standard InChI is InChI=1S/C11H23NO/c1-6-11(5)7-8-12(9-13-11)10(2,3)4/h6-9H2,1-5H3. The van der Waals surface area contributed by atoms with Gasteiger partial charge in [0.2, 0.25) is 0 Å². The van der Waals surface area contributed by atoms with Crippen LogP contribution in [0.1, 0.15) is 47.5 Å². The third-order valence-electron chi connectivity index (χ3n) is 3.18. The van der Waals surface area contributed by atoms with Crippen molar-refractivity contribution in [2.45, 2.75) is 58.6 Å². The highest BCUT2D eigenvalue weighted by Crippen LogP contribution is 2.28. The summed E-state index contributed by atoms with van der Waals surface area (Å²) in [6, 6.07) is 0. The second-order valence-corrected chi connectivity index (χ2v) is 5.26. The molecule has 78 valence electrons. The van der Waals surface area contributed by atoms with E-state index in [-0.39, 0.29) is 11.1 Å². The lowest BCUT2D eigenvalue weighted by Gasteiger charge is -2.44. The molecule has 0 aliphatic carbocycles. The molecule has 0 spiro atoms. The average Bonchev–Trinajstić information content (AvgIpc) is 2.04. The Morgan fingerprint density at radius 3 is 2.31 bits per heavy atom. The van der Waals surface area contributed by atoms with Crippen molar-refractivity contribution in [3.05, 3.63) is 0 Å². The van der Waals surface area contributed by atoms with Crippen molar-refractivity contribution < 1.29 is 4.74 Å². The largest absolute Gasteiger partial charge is 0.360 e. The Morgan fingerprint density at radius 1 is 1.38 bits per heavy atom. The van der Waals surface area contributed by atoms with Crippen molar-refractivity contribution >= 4 is 0 Å². The van der Waals surface area contributed by atoms with Gasteiger partial charge in [-0.1, -0.05) is 6.92 Å². The summed E-state index contributed by atoms with van der Waals surface area (Å²) in [6.45, 7) is 13.1. The molecule has 1 aliphatic rings. The van der Waals surface area contributed by atoms with Crippen LogP contribution >= 0.6 is 0 Å². The first-order valence-corrected chi connectivity index (χ1v) is 5.26. The predicted molar refractivity (Wildman–Crippen MR) is 55.7 cm³/mol. The molecule has 0 aromatic heterocycles. The van der Waals surface area contributed by atoms with E-state index in [0.717, 1.165) is 26.1 Å². The SMILES string of the molecule is CCC1(C)CCN(C(C)(C)C)CO1. The van der Waals surface area contributed by atoms with Gasteiger partial charge in [0.1, 0.15) is 6.73 Å². The van der Waals surface area contributed by atoms with Gasteiger partial charge in [-0.15, -0.1) is 0 Å². The summed E-state index contributed by atoms with van der Waals surface area (Å²) in [5.74, 6) is 0. The zero-order valence-corrected chi connectivity index (χ0v) is 9.68. The van der Waals surface area contributed by atoms with Crippen LogP contribution in [0.5, 0.6) is 0 Å². The van der Waals surface area contributed by atoms with E-state index in [1.807, 2.05) is 0 Å². The van der Waals surface area contributed by atoms with Crippen molar-refractivity contribution in [2.75, 3.05) is 13.3 Å². The van der Waals surface area contributed by atoms with Crippen LogP contribution in [0.15, 0.2) is 0 Å². The molecule has 2 nitrogen and oxygen atoms in total. The lowest BCUT2D eigenvalue weighted by Crippen LogP contribution is -2.51. The van der Waals surface area contributed by atoms with E-state index in [4.69, 9.17) is 4.74 Å². The van der Waals surface area contributed by atoms with E-state index in [9.17, 15) is 0 Å². The average molecular weight is 185 g/mol. The van der Waals surface area contributed by atoms with Crippen LogP contribution in [-0.2, 0) is 4.74 Å². The Balaban J connectivity index is 2.48. The second-order valence-electron chi connectivity index (χ2n) is 5.26. The molecule has 0 N–H and O–H groups in total. The molecule has 1 atom stereocenters. The summed E-state index contributed by atoms with van der Waals surface area (Å²) in [5, 5.41) is 0. The molecule has 1 fully saturated rings. The Labute approximate surface area is 82.3 Å². The first-order chi connectivity index (χ1) is 5.87. The van der Waals surface area contributed by atoms with Crippen LogP contribution in [0.4, 0.5) is 0 Å². The van der Waals surface area contributed by atoms with Gasteiger partial charge in [-0.05, 0) is 40.5 Å². The van der Waals surface area contributed by atoms with E-state index >= 15 is 0 Å². The minimum absolute atomic E-state index is 0.127. The molecule has 0 aromatic rings. The van der Waals surface area contributed by atoms with Crippen molar-refractivity contribution in [1.29, 1.82) is 0 Å². The first kappa shape index (κ1) is 11.0. The van der Waals surface area contributed by atoms with Gasteiger partial charge in [0.25, 0.3) is 0 Å². The van der Waals surface area contributed by atoms with Gasteiger partial charge in [0.15, 0.2) is 0 Å². The lowest BCUT2D eigenvalue weighted by molar-refractivity contribution is -0.152. The van der Waals surface area contributed by atoms with Gasteiger partial charge in [0, 0.05) is 12.1 Å². The van der Waals surface area contributed by atoms with Gasteiger partial charge in [0.05, 0.1) is 5.60 Å². The van der Waals surface area contributed by atoms with Crippen molar-refractivity contribution in [3.63, 3.8) is 0 Å². The fourth-order valence-corrected chi connectivity index (χ4v) is 1.55. The van der Waals surface area contributed by atoms with Crippen LogP contribution in [0.2, 0.25) is 0 Å². The van der Waals surface area contributed by atoms with E-state index < -0.39 is 0 Å². The molecule has 1 unspecified atom stereocenters. The summed E-state index contributed by atoms with van der Waals surface area (Å²) < 4.78 is 5.88. The molecular formula is C11H23NO. The number of ether oxygens (including phenoxy) is 1. The van der Waals surface area contributed by atoms with Gasteiger partial charge < -0.3 is 4.74 Å². The maximum absolute atomic E-state index is 5.88. The highest BCUT2D eigenvalue weighted by molar-refractivity contribution is 4.83. The van der Waals surface area contributed by atoms with Crippen molar-refractivity contribution in [3.8, 4) is 0 Å². The maximum atomic E-state index is 5.88. The molecule has 13 heavy (non-hydrogen) atoms. The Kier molecular flexibility index (Phi) is 3.03. The summed E-state index contributed by atoms with van der Waals surface area (Å²) in [5.41, 5.74) is 0.372. The number of hydrogen-bond donors (Lipinski definition) is 0. The molecule has 0 bridgehead atoms. The topological polar surface area (TPSA) is 12.5 Å². The van der Waals surface area contributed by atoms with E-state index in [1.54, 1.807) is 0 Å². The Morgan fingerprint density at radius 2 is 2.00 bits per heavy atom. The van der Waals surface area contributed by atoms with Crippen molar-refractivity contribution in [2.24, 2.45) is 0 Å². The van der Waals surface area contributed by atoms with E-state index in [0.29, 0.717) is 0 Å². The number of nitrogens with zero attached hydrogens (tertiary/aromatic N) is 1. The monoisotopic (exact) mass is 185 g/mol. The fraction of sp³-hybridized carbons (Fsp3) is 1.00. The molecule has 0 aromatic carbocycles. The molecule has 0 saturated carbocycles. The molecule has 0 amide bonds. The molecular weight excluding hydrogens is 162 g/mol. The summed E-state index contributed by atoms with van der Waals surface area (Å²) >= 11 is 0. The third kappa shape index (κ3) is 2.68.